The first-order chi connectivity index (χ1) is 20.1. The van der Waals surface area contributed by atoms with Crippen LogP contribution < -0.4 is 15.4 Å². The molecular weight excluding hydrogens is 537 g/mol. The standard InChI is InChI=1S/C32H38FN5O4/c1-20-14-15-38(42)21(2)29(20)24-10-12-27(26(33)18-24)34-32(41)30(23-8-6-4-5-7-9-23)35-31(40)28-13-11-25-19-36(22(3)39)16-17-37(25)28/h10-15,18,23,30H,4-9,16-17,19H2,1-3H3,(H,34,41)(H,35,40). The smallest absolute Gasteiger partial charge is 0.268 e. The Bertz CT molecular complexity index is 1510. The van der Waals surface area contributed by atoms with Gasteiger partial charge in [0.15, 0.2) is 11.9 Å². The fourth-order valence-electron chi connectivity index (χ4n) is 6.32. The van der Waals surface area contributed by atoms with Crippen LogP contribution in [0, 0.1) is 30.8 Å². The van der Waals surface area contributed by atoms with Crippen LogP contribution in [-0.4, -0.2) is 39.8 Å². The highest BCUT2D eigenvalue weighted by atomic mass is 19.1. The number of halogens is 1. The Morgan fingerprint density at radius 3 is 2.45 bits per heavy atom. The quantitative estimate of drug-likeness (QED) is 0.254. The zero-order valence-electron chi connectivity index (χ0n) is 24.4. The highest BCUT2D eigenvalue weighted by Gasteiger charge is 2.33. The van der Waals surface area contributed by atoms with E-state index in [0.29, 0.717) is 42.1 Å². The maximum Gasteiger partial charge on any atom is 0.268 e. The van der Waals surface area contributed by atoms with Crippen molar-refractivity contribution in [2.45, 2.75) is 78.4 Å². The van der Waals surface area contributed by atoms with Crippen molar-refractivity contribution in [2.75, 3.05) is 11.9 Å². The maximum atomic E-state index is 15.4. The molecule has 3 aromatic rings. The molecule has 0 saturated heterocycles. The van der Waals surface area contributed by atoms with Crippen molar-refractivity contribution in [1.82, 2.24) is 14.8 Å². The van der Waals surface area contributed by atoms with E-state index >= 15 is 4.39 Å². The van der Waals surface area contributed by atoms with E-state index in [1.807, 2.05) is 17.6 Å². The van der Waals surface area contributed by atoms with Gasteiger partial charge in [-0.2, -0.15) is 4.73 Å². The van der Waals surface area contributed by atoms with E-state index in [4.69, 9.17) is 0 Å². The Kier molecular flexibility index (Phi) is 8.61. The number of rotatable bonds is 6. The summed E-state index contributed by atoms with van der Waals surface area (Å²) in [5.41, 5.74) is 3.82. The number of hydrogen-bond acceptors (Lipinski definition) is 4. The van der Waals surface area contributed by atoms with Crippen molar-refractivity contribution in [3.63, 3.8) is 0 Å². The van der Waals surface area contributed by atoms with E-state index in [2.05, 4.69) is 10.6 Å². The van der Waals surface area contributed by atoms with Gasteiger partial charge in [-0.05, 0) is 61.1 Å². The Labute approximate surface area is 245 Å². The number of pyridine rings is 1. The van der Waals surface area contributed by atoms with Gasteiger partial charge in [0.2, 0.25) is 11.8 Å². The lowest BCUT2D eigenvalue weighted by Gasteiger charge is -2.29. The normalized spacial score (nSPS) is 16.3. The van der Waals surface area contributed by atoms with E-state index in [-0.39, 0.29) is 23.4 Å². The summed E-state index contributed by atoms with van der Waals surface area (Å²) in [6.07, 6.45) is 7.09. The third-order valence-electron chi connectivity index (χ3n) is 8.70. The molecule has 0 spiro atoms. The van der Waals surface area contributed by atoms with Crippen LogP contribution in [-0.2, 0) is 22.7 Å². The number of fused-ring (bicyclic) bond motifs is 1. The van der Waals surface area contributed by atoms with E-state index in [1.165, 1.54) is 25.3 Å². The predicted octanol–water partition coefficient (Wildman–Crippen LogP) is 4.61. The first-order valence-electron chi connectivity index (χ1n) is 14.7. The summed E-state index contributed by atoms with van der Waals surface area (Å²) in [5, 5.41) is 17.8. The lowest BCUT2D eigenvalue weighted by molar-refractivity contribution is -0.611. The fraction of sp³-hybridized carbons (Fsp3) is 0.438. The number of anilines is 1. The summed E-state index contributed by atoms with van der Waals surface area (Å²) in [7, 11) is 0. The molecule has 1 unspecified atom stereocenters. The lowest BCUT2D eigenvalue weighted by Crippen LogP contribution is -2.49. The molecule has 5 rings (SSSR count). The Balaban J connectivity index is 1.37. The average Bonchev–Trinajstić information content (AvgIpc) is 3.20. The zero-order valence-corrected chi connectivity index (χ0v) is 24.4. The van der Waals surface area contributed by atoms with Gasteiger partial charge >= 0.3 is 0 Å². The molecule has 1 saturated carbocycles. The number of aryl methyl sites for hydroxylation is 1. The second-order valence-corrected chi connectivity index (χ2v) is 11.5. The number of carbonyl (C=O) groups is 3. The molecule has 2 N–H and O–H groups in total. The summed E-state index contributed by atoms with van der Waals surface area (Å²) in [6, 6.07) is 8.92. The minimum absolute atomic E-state index is 0.0121. The van der Waals surface area contributed by atoms with Gasteiger partial charge in [-0.3, -0.25) is 14.4 Å². The largest absolute Gasteiger partial charge is 0.618 e. The highest BCUT2D eigenvalue weighted by molar-refractivity contribution is 6.01. The van der Waals surface area contributed by atoms with Crippen LogP contribution in [0.25, 0.3) is 11.1 Å². The van der Waals surface area contributed by atoms with Gasteiger partial charge < -0.3 is 25.3 Å². The van der Waals surface area contributed by atoms with Gasteiger partial charge in [-0.1, -0.05) is 31.7 Å². The molecular formula is C32H38FN5O4. The second kappa shape index (κ2) is 12.3. The molecule has 1 atom stereocenters. The van der Waals surface area contributed by atoms with Crippen molar-refractivity contribution in [3.8, 4) is 11.1 Å². The molecule has 2 aliphatic rings. The van der Waals surface area contributed by atoms with Gasteiger partial charge in [-0.25, -0.2) is 4.39 Å². The van der Waals surface area contributed by atoms with Crippen molar-refractivity contribution < 1.29 is 23.5 Å². The number of nitrogens with zero attached hydrogens (tertiary/aromatic N) is 3. The first-order valence-corrected chi connectivity index (χ1v) is 14.7. The monoisotopic (exact) mass is 575 g/mol. The van der Waals surface area contributed by atoms with E-state index in [0.717, 1.165) is 54.5 Å². The van der Waals surface area contributed by atoms with Gasteiger partial charge in [0.05, 0.1) is 17.8 Å². The van der Waals surface area contributed by atoms with Gasteiger partial charge in [0.1, 0.15) is 17.6 Å². The van der Waals surface area contributed by atoms with Crippen molar-refractivity contribution in [1.29, 1.82) is 0 Å². The number of carbonyl (C=O) groups excluding carboxylic acids is 3. The van der Waals surface area contributed by atoms with E-state index in [9.17, 15) is 19.6 Å². The van der Waals surface area contributed by atoms with E-state index in [1.54, 1.807) is 30.0 Å². The molecule has 0 bridgehead atoms. The Hall–Kier alpha value is -4.21. The second-order valence-electron chi connectivity index (χ2n) is 11.5. The molecule has 9 nitrogen and oxygen atoms in total. The molecule has 1 aromatic carbocycles. The molecule has 222 valence electrons. The van der Waals surface area contributed by atoms with Crippen LogP contribution in [0.5, 0.6) is 0 Å². The summed E-state index contributed by atoms with van der Waals surface area (Å²) in [6.45, 7) is 6.51. The molecule has 42 heavy (non-hydrogen) atoms. The number of aromatic nitrogens is 2. The molecule has 1 aliphatic carbocycles. The van der Waals surface area contributed by atoms with Gasteiger partial charge in [-0.15, -0.1) is 0 Å². The van der Waals surface area contributed by atoms with Crippen molar-refractivity contribution >= 4 is 23.4 Å². The summed E-state index contributed by atoms with van der Waals surface area (Å²) >= 11 is 0. The predicted molar refractivity (Wildman–Crippen MR) is 157 cm³/mol. The highest BCUT2D eigenvalue weighted by Crippen LogP contribution is 2.30. The van der Waals surface area contributed by atoms with Crippen LogP contribution in [0.2, 0.25) is 0 Å². The third kappa shape index (κ3) is 6.03. The molecule has 3 heterocycles. The van der Waals surface area contributed by atoms with Crippen molar-refractivity contribution in [3.05, 3.63) is 76.3 Å². The molecule has 10 heteroatoms. The maximum absolute atomic E-state index is 15.4. The third-order valence-corrected chi connectivity index (χ3v) is 8.70. The SMILES string of the molecule is CC(=O)N1CCn2c(ccc2C(=O)NC(C(=O)Nc2ccc(-c3c(C)cc[n+]([O-])c3C)cc2F)C2CCCCCC2)C1. The molecule has 3 amide bonds. The van der Waals surface area contributed by atoms with Gasteiger partial charge in [0, 0.05) is 38.7 Å². The minimum Gasteiger partial charge on any atom is -0.618 e. The topological polar surface area (TPSA) is 110 Å². The van der Waals surface area contributed by atoms with Crippen molar-refractivity contribution in [2.24, 2.45) is 5.92 Å². The van der Waals surface area contributed by atoms with Crippen LogP contribution >= 0.6 is 0 Å². The fourth-order valence-corrected chi connectivity index (χ4v) is 6.32. The van der Waals surface area contributed by atoms with Gasteiger partial charge in [0.25, 0.3) is 5.91 Å². The Morgan fingerprint density at radius 1 is 1.02 bits per heavy atom. The molecule has 1 fully saturated rings. The number of hydrogen-bond donors (Lipinski definition) is 2. The van der Waals surface area contributed by atoms with Crippen LogP contribution in [0.15, 0.2) is 42.6 Å². The van der Waals surface area contributed by atoms with Crippen LogP contribution in [0.4, 0.5) is 10.1 Å². The molecule has 0 radical (unpaired) electrons. The summed E-state index contributed by atoms with van der Waals surface area (Å²) in [5.74, 6) is -1.53. The lowest BCUT2D eigenvalue weighted by atomic mass is 9.90. The summed E-state index contributed by atoms with van der Waals surface area (Å²) < 4.78 is 18.0. The van der Waals surface area contributed by atoms with E-state index < -0.39 is 17.8 Å². The summed E-state index contributed by atoms with van der Waals surface area (Å²) in [4.78, 5) is 40.8. The number of nitrogens with one attached hydrogen (secondary N) is 2. The van der Waals surface area contributed by atoms with Crippen LogP contribution in [0.3, 0.4) is 0 Å². The zero-order chi connectivity index (χ0) is 30.0. The molecule has 2 aromatic heterocycles. The molecule has 1 aliphatic heterocycles. The first kappa shape index (κ1) is 29.3. The number of amides is 3. The average molecular weight is 576 g/mol. The van der Waals surface area contributed by atoms with Crippen LogP contribution in [0.1, 0.15) is 72.9 Å². The number of benzene rings is 1. The Morgan fingerprint density at radius 2 is 1.76 bits per heavy atom. The minimum atomic E-state index is -0.837.